The summed E-state index contributed by atoms with van der Waals surface area (Å²) in [6.07, 6.45) is 3.03. The van der Waals surface area contributed by atoms with Crippen molar-refractivity contribution >= 4 is 28.0 Å². The summed E-state index contributed by atoms with van der Waals surface area (Å²) < 4.78 is 6.12. The molecule has 0 atom stereocenters. The largest absolute Gasteiger partial charge is 0.493 e. The van der Waals surface area contributed by atoms with Crippen LogP contribution in [-0.4, -0.2) is 17.5 Å². The normalized spacial score (nSPS) is 13.2. The predicted molar refractivity (Wildman–Crippen MR) is 127 cm³/mol. The molecule has 6 heteroatoms. The molecule has 0 radical (unpaired) electrons. The molecule has 0 aliphatic heterocycles. The molecule has 1 fully saturated rings. The Hall–Kier alpha value is -3.38. The Kier molecular flexibility index (Phi) is 5.77. The molecule has 0 bridgehead atoms. The van der Waals surface area contributed by atoms with Gasteiger partial charge in [0.15, 0.2) is 0 Å². The molecular weight excluding hydrogens is 420 g/mol. The number of fused-ring (bicyclic) bond motifs is 1. The van der Waals surface area contributed by atoms with Gasteiger partial charge >= 0.3 is 0 Å². The van der Waals surface area contributed by atoms with E-state index < -0.39 is 5.91 Å². The van der Waals surface area contributed by atoms with Crippen molar-refractivity contribution in [1.29, 1.82) is 0 Å². The van der Waals surface area contributed by atoms with Crippen LogP contribution in [0.5, 0.6) is 5.75 Å². The van der Waals surface area contributed by atoms with Crippen molar-refractivity contribution in [3.63, 3.8) is 0 Å². The van der Waals surface area contributed by atoms with Crippen LogP contribution in [0.1, 0.15) is 34.9 Å². The van der Waals surface area contributed by atoms with Crippen LogP contribution in [0.3, 0.4) is 0 Å². The lowest BCUT2D eigenvalue weighted by Crippen LogP contribution is -2.05. The highest BCUT2D eigenvalue weighted by Gasteiger charge is 2.27. The van der Waals surface area contributed by atoms with Crippen molar-refractivity contribution in [2.24, 2.45) is 5.18 Å². The van der Waals surface area contributed by atoms with Crippen molar-refractivity contribution in [2.45, 2.75) is 31.6 Å². The third-order valence-corrected chi connectivity index (χ3v) is 6.63. The fraction of sp³-hybridized carbons (Fsp3) is 0.231. The molecule has 1 amide bonds. The average Bonchev–Trinajstić information content (AvgIpc) is 3.56. The predicted octanol–water partition coefficient (Wildman–Crippen LogP) is 6.30. The van der Waals surface area contributed by atoms with Gasteiger partial charge in [-0.3, -0.25) is 4.79 Å². The Bertz CT molecular complexity index is 1290. The zero-order valence-electron chi connectivity index (χ0n) is 17.5. The first-order chi connectivity index (χ1) is 15.7. The van der Waals surface area contributed by atoms with E-state index in [4.69, 9.17) is 9.72 Å². The zero-order valence-corrected chi connectivity index (χ0v) is 18.3. The molecule has 0 unspecified atom stereocenters. The number of aromatic nitrogens is 1. The number of benzene rings is 3. The van der Waals surface area contributed by atoms with Crippen LogP contribution in [-0.2, 0) is 17.6 Å². The molecule has 5 rings (SSSR count). The second kappa shape index (κ2) is 9.01. The van der Waals surface area contributed by atoms with E-state index in [1.165, 1.54) is 16.3 Å². The summed E-state index contributed by atoms with van der Waals surface area (Å²) in [5.41, 5.74) is 4.03. The van der Waals surface area contributed by atoms with Crippen molar-refractivity contribution in [2.75, 3.05) is 6.61 Å². The van der Waals surface area contributed by atoms with Crippen molar-refractivity contribution < 1.29 is 9.53 Å². The number of ether oxygens (including phenoxy) is 1. The molecule has 5 nitrogen and oxygen atoms in total. The second-order valence-electron chi connectivity index (χ2n) is 8.10. The number of amides is 1. The highest BCUT2D eigenvalue weighted by atomic mass is 32.1. The van der Waals surface area contributed by atoms with Crippen LogP contribution in [0.2, 0.25) is 0 Å². The number of thiazole rings is 1. The maximum atomic E-state index is 11.4. The van der Waals surface area contributed by atoms with E-state index in [1.54, 1.807) is 11.3 Å². The molecule has 160 valence electrons. The summed E-state index contributed by atoms with van der Waals surface area (Å²) in [5.74, 6) is 0.660. The second-order valence-corrected chi connectivity index (χ2v) is 9.04. The minimum atomic E-state index is -0.667. The van der Waals surface area contributed by atoms with E-state index in [2.05, 4.69) is 40.9 Å². The third-order valence-electron chi connectivity index (χ3n) is 5.72. The molecule has 0 N–H and O–H groups in total. The van der Waals surface area contributed by atoms with Crippen molar-refractivity contribution in [1.82, 2.24) is 4.98 Å². The van der Waals surface area contributed by atoms with E-state index in [1.807, 2.05) is 30.3 Å². The van der Waals surface area contributed by atoms with Gasteiger partial charge in [-0.2, -0.15) is 0 Å². The number of nitroso groups, excluding NO2 is 1. The van der Waals surface area contributed by atoms with E-state index in [-0.39, 0.29) is 6.42 Å². The SMILES string of the molecule is O=NC(=O)Cc1ccc(C2CC2)c(OCCc2nc(-c3ccc4ccccc4c3)cs2)c1. The summed E-state index contributed by atoms with van der Waals surface area (Å²) in [5, 5.41) is 8.04. The zero-order chi connectivity index (χ0) is 21.9. The number of carbonyl (C=O) groups is 1. The van der Waals surface area contributed by atoms with Gasteiger partial charge in [0.1, 0.15) is 5.75 Å². The molecule has 32 heavy (non-hydrogen) atoms. The Morgan fingerprint density at radius 3 is 2.72 bits per heavy atom. The van der Waals surface area contributed by atoms with Gasteiger partial charge < -0.3 is 4.74 Å². The quantitative estimate of drug-likeness (QED) is 0.300. The smallest absolute Gasteiger partial charge is 0.290 e. The molecule has 4 aromatic rings. The summed E-state index contributed by atoms with van der Waals surface area (Å²) >= 11 is 1.64. The minimum Gasteiger partial charge on any atom is -0.493 e. The summed E-state index contributed by atoms with van der Waals surface area (Å²) in [7, 11) is 0. The summed E-state index contributed by atoms with van der Waals surface area (Å²) in [6, 6.07) is 20.5. The van der Waals surface area contributed by atoms with Gasteiger partial charge in [-0.1, -0.05) is 48.5 Å². The Labute approximate surface area is 190 Å². The molecular formula is C26H22N2O3S. The van der Waals surface area contributed by atoms with Gasteiger partial charge in [0, 0.05) is 22.5 Å². The summed E-state index contributed by atoms with van der Waals surface area (Å²) in [4.78, 5) is 26.6. The van der Waals surface area contributed by atoms with Crippen molar-refractivity contribution in [3.05, 3.63) is 87.1 Å². The van der Waals surface area contributed by atoms with Crippen LogP contribution in [0.15, 0.2) is 71.2 Å². The highest BCUT2D eigenvalue weighted by molar-refractivity contribution is 7.09. The molecule has 1 aliphatic carbocycles. The first kappa shape index (κ1) is 20.5. The average molecular weight is 443 g/mol. The lowest BCUT2D eigenvalue weighted by atomic mass is 10.0. The maximum Gasteiger partial charge on any atom is 0.290 e. The summed E-state index contributed by atoms with van der Waals surface area (Å²) in [6.45, 7) is 0.508. The van der Waals surface area contributed by atoms with Crippen LogP contribution in [0.25, 0.3) is 22.0 Å². The van der Waals surface area contributed by atoms with Crippen LogP contribution in [0, 0.1) is 4.91 Å². The number of rotatable bonds is 8. The standard InChI is InChI=1S/C26H22N2O3S/c29-25(28-30)14-17-5-10-22(19-7-8-19)24(13-17)31-12-11-26-27-23(16-32-26)21-9-6-18-3-1-2-4-20(18)15-21/h1-6,9-10,13,15-16,19H,7-8,11-12,14H2. The van der Waals surface area contributed by atoms with Gasteiger partial charge in [-0.05, 0) is 52.8 Å². The number of carbonyl (C=O) groups excluding carboxylic acids is 1. The first-order valence-electron chi connectivity index (χ1n) is 10.7. The highest BCUT2D eigenvalue weighted by Crippen LogP contribution is 2.44. The molecule has 0 saturated heterocycles. The molecule has 1 saturated carbocycles. The van der Waals surface area contributed by atoms with Gasteiger partial charge in [0.25, 0.3) is 5.91 Å². The fourth-order valence-electron chi connectivity index (χ4n) is 3.91. The first-order valence-corrected chi connectivity index (χ1v) is 11.6. The van der Waals surface area contributed by atoms with Crippen LogP contribution >= 0.6 is 11.3 Å². The van der Waals surface area contributed by atoms with E-state index in [9.17, 15) is 9.70 Å². The monoisotopic (exact) mass is 442 g/mol. The van der Waals surface area contributed by atoms with Gasteiger partial charge in [-0.25, -0.2) is 4.98 Å². The van der Waals surface area contributed by atoms with Gasteiger partial charge in [-0.15, -0.1) is 16.2 Å². The Balaban J connectivity index is 1.26. The number of hydrogen-bond donors (Lipinski definition) is 0. The molecule has 0 spiro atoms. The van der Waals surface area contributed by atoms with Gasteiger partial charge in [0.2, 0.25) is 0 Å². The Morgan fingerprint density at radius 2 is 1.91 bits per heavy atom. The Morgan fingerprint density at radius 1 is 1.06 bits per heavy atom. The molecule has 3 aromatic carbocycles. The van der Waals surface area contributed by atoms with E-state index in [0.717, 1.165) is 40.4 Å². The lowest BCUT2D eigenvalue weighted by Gasteiger charge is -2.12. The van der Waals surface area contributed by atoms with E-state index in [0.29, 0.717) is 18.9 Å². The lowest BCUT2D eigenvalue weighted by molar-refractivity contribution is -0.117. The molecule has 1 aromatic heterocycles. The van der Waals surface area contributed by atoms with Crippen LogP contribution in [0.4, 0.5) is 0 Å². The number of nitrogens with zero attached hydrogens (tertiary/aromatic N) is 2. The molecule has 1 aliphatic rings. The van der Waals surface area contributed by atoms with E-state index >= 15 is 0 Å². The van der Waals surface area contributed by atoms with Crippen LogP contribution < -0.4 is 4.74 Å². The topological polar surface area (TPSA) is 68.6 Å². The maximum absolute atomic E-state index is 11.4. The number of hydrogen-bond acceptors (Lipinski definition) is 5. The fourth-order valence-corrected chi connectivity index (χ4v) is 4.70. The third kappa shape index (κ3) is 4.60. The minimum absolute atomic E-state index is 0.00635. The van der Waals surface area contributed by atoms with Crippen molar-refractivity contribution in [3.8, 4) is 17.0 Å². The molecule has 1 heterocycles. The van der Waals surface area contributed by atoms with Gasteiger partial charge in [0.05, 0.1) is 23.7 Å².